The van der Waals surface area contributed by atoms with E-state index in [2.05, 4.69) is 13.8 Å². The normalized spacial score (nSPS) is 32.3. The molecule has 0 aromatic heterocycles. The minimum Gasteiger partial charge on any atom is -0.328 e. The van der Waals surface area contributed by atoms with Gasteiger partial charge in [0.25, 0.3) is 0 Å². The largest absolute Gasteiger partial charge is 0.328 e. The Balaban J connectivity index is 2.34. The van der Waals surface area contributed by atoms with Crippen LogP contribution < -0.4 is 5.73 Å². The zero-order valence-electron chi connectivity index (χ0n) is 9.26. The van der Waals surface area contributed by atoms with Crippen molar-refractivity contribution in [3.63, 3.8) is 0 Å². The van der Waals surface area contributed by atoms with Crippen LogP contribution >= 0.6 is 0 Å². The third-order valence-electron chi connectivity index (χ3n) is 3.49. The molecule has 78 valence electrons. The van der Waals surface area contributed by atoms with Gasteiger partial charge in [0.1, 0.15) is 0 Å². The highest BCUT2D eigenvalue weighted by Gasteiger charge is 2.15. The van der Waals surface area contributed by atoms with E-state index in [1.807, 2.05) is 0 Å². The van der Waals surface area contributed by atoms with Gasteiger partial charge < -0.3 is 5.73 Å². The molecule has 0 spiro atoms. The summed E-state index contributed by atoms with van der Waals surface area (Å²) in [4.78, 5) is 0. The number of rotatable bonds is 1. The molecule has 1 fully saturated rings. The maximum atomic E-state index is 6.00. The lowest BCUT2D eigenvalue weighted by Gasteiger charge is -2.19. The van der Waals surface area contributed by atoms with E-state index in [0.717, 1.165) is 11.8 Å². The predicted octanol–water partition coefficient (Wildman–Crippen LogP) is 3.33. The van der Waals surface area contributed by atoms with E-state index in [-0.39, 0.29) is 0 Å². The fourth-order valence-corrected chi connectivity index (χ4v) is 2.41. The lowest BCUT2D eigenvalue weighted by atomic mass is 9.87. The Hall–Kier alpha value is -0.0400. The first kappa shape index (κ1) is 11.0. The Kier molecular flexibility index (Phi) is 4.79. The van der Waals surface area contributed by atoms with Crippen molar-refractivity contribution in [2.75, 3.05) is 0 Å². The molecule has 1 rings (SSSR count). The van der Waals surface area contributed by atoms with E-state index in [1.54, 1.807) is 0 Å². The van der Waals surface area contributed by atoms with E-state index in [4.69, 9.17) is 5.73 Å². The average molecular weight is 183 g/mol. The molecule has 1 nitrogen and oxygen atoms in total. The minimum absolute atomic E-state index is 0.492. The van der Waals surface area contributed by atoms with Crippen LogP contribution in [0.2, 0.25) is 0 Å². The van der Waals surface area contributed by atoms with Crippen molar-refractivity contribution < 1.29 is 0 Å². The van der Waals surface area contributed by atoms with Crippen molar-refractivity contribution in [3.8, 4) is 0 Å². The maximum Gasteiger partial charge on any atom is 0.00388 e. The van der Waals surface area contributed by atoms with Crippen molar-refractivity contribution in [2.24, 2.45) is 17.6 Å². The molecule has 0 amide bonds. The second-order valence-electron chi connectivity index (χ2n) is 4.98. The molecule has 1 aliphatic rings. The van der Waals surface area contributed by atoms with E-state index in [1.165, 1.54) is 44.9 Å². The minimum atomic E-state index is 0.492. The highest BCUT2D eigenvalue weighted by atomic mass is 14.6. The molecule has 0 aliphatic heterocycles. The van der Waals surface area contributed by atoms with Gasteiger partial charge in [-0.2, -0.15) is 0 Å². The molecule has 2 N–H and O–H groups in total. The molecule has 13 heavy (non-hydrogen) atoms. The standard InChI is InChI=1S/C12H25N/c1-10(2)11-6-3-4-8-12(13)9-5-7-11/h10-12H,3-9,13H2,1-2H3. The van der Waals surface area contributed by atoms with Crippen LogP contribution in [0.4, 0.5) is 0 Å². The topological polar surface area (TPSA) is 26.0 Å². The monoisotopic (exact) mass is 183 g/mol. The molecule has 0 bridgehead atoms. The highest BCUT2D eigenvalue weighted by molar-refractivity contribution is 4.70. The third-order valence-corrected chi connectivity index (χ3v) is 3.49. The first-order valence-corrected chi connectivity index (χ1v) is 5.95. The van der Waals surface area contributed by atoms with Gasteiger partial charge in [-0.1, -0.05) is 46.0 Å². The fourth-order valence-electron chi connectivity index (χ4n) is 2.41. The van der Waals surface area contributed by atoms with Crippen molar-refractivity contribution >= 4 is 0 Å². The highest BCUT2D eigenvalue weighted by Crippen LogP contribution is 2.26. The summed E-state index contributed by atoms with van der Waals surface area (Å²) in [6.45, 7) is 4.73. The van der Waals surface area contributed by atoms with E-state index in [0.29, 0.717) is 6.04 Å². The second kappa shape index (κ2) is 5.64. The quantitative estimate of drug-likeness (QED) is 0.663. The first-order chi connectivity index (χ1) is 6.20. The van der Waals surface area contributed by atoms with Crippen LogP contribution in [0.5, 0.6) is 0 Å². The Morgan fingerprint density at radius 3 is 2.15 bits per heavy atom. The molecule has 0 aromatic carbocycles. The summed E-state index contributed by atoms with van der Waals surface area (Å²) < 4.78 is 0. The van der Waals surface area contributed by atoms with Crippen LogP contribution in [0.3, 0.4) is 0 Å². The van der Waals surface area contributed by atoms with Crippen LogP contribution in [0.25, 0.3) is 0 Å². The zero-order chi connectivity index (χ0) is 9.68. The Morgan fingerprint density at radius 2 is 1.46 bits per heavy atom. The molecule has 2 unspecified atom stereocenters. The number of hydrogen-bond acceptors (Lipinski definition) is 1. The van der Waals surface area contributed by atoms with Crippen LogP contribution in [0.1, 0.15) is 58.8 Å². The van der Waals surface area contributed by atoms with E-state index < -0.39 is 0 Å². The van der Waals surface area contributed by atoms with Gasteiger partial charge in [0.15, 0.2) is 0 Å². The van der Waals surface area contributed by atoms with E-state index >= 15 is 0 Å². The van der Waals surface area contributed by atoms with Gasteiger partial charge in [-0.25, -0.2) is 0 Å². The second-order valence-corrected chi connectivity index (χ2v) is 4.98. The third kappa shape index (κ3) is 4.12. The summed E-state index contributed by atoms with van der Waals surface area (Å²) in [6, 6.07) is 0.492. The van der Waals surface area contributed by atoms with E-state index in [9.17, 15) is 0 Å². The van der Waals surface area contributed by atoms with Crippen molar-refractivity contribution in [1.29, 1.82) is 0 Å². The molecule has 1 heteroatoms. The van der Waals surface area contributed by atoms with Gasteiger partial charge in [0, 0.05) is 6.04 Å². The first-order valence-electron chi connectivity index (χ1n) is 5.95. The zero-order valence-corrected chi connectivity index (χ0v) is 9.26. The van der Waals surface area contributed by atoms with Gasteiger partial charge >= 0.3 is 0 Å². The smallest absolute Gasteiger partial charge is 0.00388 e. The van der Waals surface area contributed by atoms with Crippen LogP contribution in [-0.4, -0.2) is 6.04 Å². The average Bonchev–Trinajstić information content (AvgIpc) is 2.16. The van der Waals surface area contributed by atoms with Gasteiger partial charge in [0.2, 0.25) is 0 Å². The molecule has 0 saturated heterocycles. The summed E-state index contributed by atoms with van der Waals surface area (Å²) in [5.41, 5.74) is 6.00. The molecule has 0 radical (unpaired) electrons. The lowest BCUT2D eigenvalue weighted by Crippen LogP contribution is -2.19. The van der Waals surface area contributed by atoms with Crippen molar-refractivity contribution in [3.05, 3.63) is 0 Å². The molecular formula is C12H25N. The van der Waals surface area contributed by atoms with Gasteiger partial charge in [0.05, 0.1) is 0 Å². The summed E-state index contributed by atoms with van der Waals surface area (Å²) in [6.07, 6.45) is 9.45. The fraction of sp³-hybridized carbons (Fsp3) is 1.00. The number of hydrogen-bond donors (Lipinski definition) is 1. The molecule has 2 atom stereocenters. The summed E-state index contributed by atoms with van der Waals surface area (Å²) in [5.74, 6) is 1.83. The van der Waals surface area contributed by atoms with Crippen molar-refractivity contribution in [1.82, 2.24) is 0 Å². The van der Waals surface area contributed by atoms with Crippen molar-refractivity contribution in [2.45, 2.75) is 64.8 Å². The molecule has 0 aromatic rings. The Morgan fingerprint density at radius 1 is 0.923 bits per heavy atom. The summed E-state index contributed by atoms with van der Waals surface area (Å²) in [5, 5.41) is 0. The summed E-state index contributed by atoms with van der Waals surface area (Å²) in [7, 11) is 0. The predicted molar refractivity (Wildman–Crippen MR) is 58.6 cm³/mol. The van der Waals surface area contributed by atoms with Crippen LogP contribution in [-0.2, 0) is 0 Å². The molecule has 1 aliphatic carbocycles. The molecule has 0 heterocycles. The Labute approximate surface area is 83.1 Å². The number of nitrogens with two attached hydrogens (primary N) is 1. The lowest BCUT2D eigenvalue weighted by molar-refractivity contribution is 0.323. The van der Waals surface area contributed by atoms with Gasteiger partial charge in [-0.05, 0) is 24.7 Å². The van der Waals surface area contributed by atoms with Gasteiger partial charge in [-0.3, -0.25) is 0 Å². The molecular weight excluding hydrogens is 158 g/mol. The van der Waals surface area contributed by atoms with Gasteiger partial charge in [-0.15, -0.1) is 0 Å². The Bertz CT molecular complexity index is 131. The van der Waals surface area contributed by atoms with Crippen LogP contribution in [0, 0.1) is 11.8 Å². The summed E-state index contributed by atoms with van der Waals surface area (Å²) >= 11 is 0. The SMILES string of the molecule is CC(C)C1CCCCC(N)CCC1. The van der Waals surface area contributed by atoms with Crippen LogP contribution in [0.15, 0.2) is 0 Å². The molecule has 1 saturated carbocycles. The maximum absolute atomic E-state index is 6.00.